The molecule has 1 aromatic rings. The second-order valence-electron chi connectivity index (χ2n) is 6.39. The minimum Gasteiger partial charge on any atom is -0.494 e. The Morgan fingerprint density at radius 3 is 2.54 bits per heavy atom. The van der Waals surface area contributed by atoms with Gasteiger partial charge in [-0.2, -0.15) is 0 Å². The molecule has 2 aliphatic heterocycles. The molecule has 0 N–H and O–H groups in total. The normalized spacial score (nSPS) is 23.9. The van der Waals surface area contributed by atoms with Crippen LogP contribution in [0.2, 0.25) is 0 Å². The molecule has 3 rings (SSSR count). The number of piperidine rings is 2. The number of anilines is 1. The number of carbonyl (C=O) groups is 1. The molecule has 1 unspecified atom stereocenters. The van der Waals surface area contributed by atoms with E-state index in [1.54, 1.807) is 24.4 Å². The Bertz CT molecular complexity index is 572. The van der Waals surface area contributed by atoms with Crippen molar-refractivity contribution in [2.45, 2.75) is 31.6 Å². The van der Waals surface area contributed by atoms with Crippen LogP contribution in [-0.4, -0.2) is 60.0 Å². The summed E-state index contributed by atoms with van der Waals surface area (Å²) in [5.41, 5.74) is 0. The lowest BCUT2D eigenvalue weighted by Crippen LogP contribution is -2.49. The van der Waals surface area contributed by atoms with Gasteiger partial charge in [0, 0.05) is 39.0 Å². The van der Waals surface area contributed by atoms with Crippen LogP contribution in [-0.2, 0) is 4.79 Å². The molecule has 0 radical (unpaired) electrons. The Kier molecular flexibility index (Phi) is 4.82. The molecule has 3 heterocycles. The Morgan fingerprint density at radius 1 is 1.25 bits per heavy atom. The number of alkyl halides is 2. The van der Waals surface area contributed by atoms with Gasteiger partial charge in [-0.25, -0.2) is 18.7 Å². The third-order valence-corrected chi connectivity index (χ3v) is 4.71. The number of carbonyl (C=O) groups excluding carboxylic acids is 1. The molecule has 0 saturated carbocycles. The Morgan fingerprint density at radius 2 is 1.92 bits per heavy atom. The van der Waals surface area contributed by atoms with Gasteiger partial charge in [-0.15, -0.1) is 0 Å². The number of halogens is 2. The molecule has 8 heteroatoms. The lowest BCUT2D eigenvalue weighted by atomic mass is 9.95. The number of amides is 1. The van der Waals surface area contributed by atoms with Crippen molar-refractivity contribution >= 4 is 11.9 Å². The van der Waals surface area contributed by atoms with E-state index in [2.05, 4.69) is 9.97 Å². The zero-order chi connectivity index (χ0) is 17.2. The van der Waals surface area contributed by atoms with E-state index in [1.807, 2.05) is 4.90 Å². The molecule has 1 aromatic heterocycles. The van der Waals surface area contributed by atoms with E-state index >= 15 is 0 Å². The standard InChI is InChI=1S/C16H22F2N4O2/c1-24-13-9-19-15(20-10-13)22-6-2-3-12(11-22)14(23)21-7-4-16(17,18)5-8-21/h9-10,12H,2-8,11H2,1H3. The fourth-order valence-corrected chi connectivity index (χ4v) is 3.25. The van der Waals surface area contributed by atoms with Gasteiger partial charge in [-0.05, 0) is 12.8 Å². The number of aromatic nitrogens is 2. The highest BCUT2D eigenvalue weighted by Gasteiger charge is 2.38. The molecule has 132 valence electrons. The van der Waals surface area contributed by atoms with Gasteiger partial charge in [0.05, 0.1) is 25.4 Å². The summed E-state index contributed by atoms with van der Waals surface area (Å²) in [5, 5.41) is 0. The number of ether oxygens (including phenoxy) is 1. The fraction of sp³-hybridized carbons (Fsp3) is 0.688. The summed E-state index contributed by atoms with van der Waals surface area (Å²) < 4.78 is 31.6. The summed E-state index contributed by atoms with van der Waals surface area (Å²) in [6.45, 7) is 1.59. The molecule has 2 fully saturated rings. The summed E-state index contributed by atoms with van der Waals surface area (Å²) in [6, 6.07) is 0. The van der Waals surface area contributed by atoms with Crippen LogP contribution < -0.4 is 9.64 Å². The van der Waals surface area contributed by atoms with Crippen molar-refractivity contribution in [3.8, 4) is 5.75 Å². The van der Waals surface area contributed by atoms with Gasteiger partial charge in [0.15, 0.2) is 5.75 Å². The maximum Gasteiger partial charge on any atom is 0.251 e. The highest BCUT2D eigenvalue weighted by molar-refractivity contribution is 5.79. The molecule has 2 aliphatic rings. The number of methoxy groups -OCH3 is 1. The topological polar surface area (TPSA) is 58.6 Å². The SMILES string of the molecule is COc1cnc(N2CCCC(C(=O)N3CCC(F)(F)CC3)C2)nc1. The first-order valence-corrected chi connectivity index (χ1v) is 8.26. The molecular formula is C16H22F2N4O2. The van der Waals surface area contributed by atoms with Crippen molar-refractivity contribution in [1.29, 1.82) is 0 Å². The fourth-order valence-electron chi connectivity index (χ4n) is 3.25. The molecule has 0 aromatic carbocycles. The second-order valence-corrected chi connectivity index (χ2v) is 6.39. The first-order valence-electron chi connectivity index (χ1n) is 8.26. The minimum atomic E-state index is -2.63. The van der Waals surface area contributed by atoms with Crippen molar-refractivity contribution < 1.29 is 18.3 Å². The van der Waals surface area contributed by atoms with Gasteiger partial charge in [0.25, 0.3) is 5.92 Å². The Balaban J connectivity index is 1.61. The van der Waals surface area contributed by atoms with E-state index in [-0.39, 0.29) is 37.8 Å². The van der Waals surface area contributed by atoms with E-state index in [0.29, 0.717) is 18.2 Å². The summed E-state index contributed by atoms with van der Waals surface area (Å²) in [5.74, 6) is -1.69. The van der Waals surface area contributed by atoms with Gasteiger partial charge in [0.2, 0.25) is 11.9 Å². The van der Waals surface area contributed by atoms with Crippen LogP contribution in [0.1, 0.15) is 25.7 Å². The zero-order valence-corrected chi connectivity index (χ0v) is 13.8. The van der Waals surface area contributed by atoms with Crippen LogP contribution >= 0.6 is 0 Å². The third-order valence-electron chi connectivity index (χ3n) is 4.71. The number of hydrogen-bond donors (Lipinski definition) is 0. The average Bonchev–Trinajstić information content (AvgIpc) is 2.61. The lowest BCUT2D eigenvalue weighted by Gasteiger charge is -2.37. The smallest absolute Gasteiger partial charge is 0.251 e. The Labute approximate surface area is 139 Å². The number of rotatable bonds is 3. The van der Waals surface area contributed by atoms with Crippen LogP contribution in [0.4, 0.5) is 14.7 Å². The predicted molar refractivity (Wildman–Crippen MR) is 84.3 cm³/mol. The van der Waals surface area contributed by atoms with E-state index in [1.165, 1.54) is 0 Å². The number of hydrogen-bond acceptors (Lipinski definition) is 5. The quantitative estimate of drug-likeness (QED) is 0.842. The van der Waals surface area contributed by atoms with E-state index in [9.17, 15) is 13.6 Å². The van der Waals surface area contributed by atoms with Crippen LogP contribution in [0.3, 0.4) is 0 Å². The van der Waals surface area contributed by atoms with Crippen LogP contribution in [0.5, 0.6) is 5.75 Å². The van der Waals surface area contributed by atoms with E-state index < -0.39 is 5.92 Å². The molecular weight excluding hydrogens is 318 g/mol. The summed E-state index contributed by atoms with van der Waals surface area (Å²) in [6.07, 6.45) is 4.35. The Hall–Kier alpha value is -1.99. The van der Waals surface area contributed by atoms with Crippen LogP contribution in [0.15, 0.2) is 12.4 Å². The maximum atomic E-state index is 13.3. The third kappa shape index (κ3) is 3.73. The molecule has 0 bridgehead atoms. The molecule has 1 amide bonds. The van der Waals surface area contributed by atoms with Gasteiger partial charge >= 0.3 is 0 Å². The van der Waals surface area contributed by atoms with Crippen molar-refractivity contribution in [2.75, 3.05) is 38.2 Å². The molecule has 0 spiro atoms. The molecule has 24 heavy (non-hydrogen) atoms. The molecule has 1 atom stereocenters. The van der Waals surface area contributed by atoms with Crippen LogP contribution in [0, 0.1) is 5.92 Å². The minimum absolute atomic E-state index is 0.0243. The highest BCUT2D eigenvalue weighted by Crippen LogP contribution is 2.30. The highest BCUT2D eigenvalue weighted by atomic mass is 19.3. The van der Waals surface area contributed by atoms with Crippen molar-refractivity contribution in [2.24, 2.45) is 5.92 Å². The number of likely N-dealkylation sites (tertiary alicyclic amines) is 1. The van der Waals surface area contributed by atoms with Crippen molar-refractivity contribution in [3.05, 3.63) is 12.4 Å². The monoisotopic (exact) mass is 340 g/mol. The van der Waals surface area contributed by atoms with Gasteiger partial charge in [-0.1, -0.05) is 0 Å². The largest absolute Gasteiger partial charge is 0.494 e. The first kappa shape index (κ1) is 16.9. The van der Waals surface area contributed by atoms with Gasteiger partial charge in [0.1, 0.15) is 0 Å². The summed E-state index contributed by atoms with van der Waals surface area (Å²) in [4.78, 5) is 24.7. The van der Waals surface area contributed by atoms with E-state index in [4.69, 9.17) is 4.74 Å². The summed E-state index contributed by atoms with van der Waals surface area (Å²) >= 11 is 0. The van der Waals surface area contributed by atoms with E-state index in [0.717, 1.165) is 19.4 Å². The average molecular weight is 340 g/mol. The zero-order valence-electron chi connectivity index (χ0n) is 13.8. The van der Waals surface area contributed by atoms with Crippen molar-refractivity contribution in [3.63, 3.8) is 0 Å². The predicted octanol–water partition coefficient (Wildman–Crippen LogP) is 1.96. The van der Waals surface area contributed by atoms with Gasteiger partial charge < -0.3 is 14.5 Å². The molecule has 2 saturated heterocycles. The lowest BCUT2D eigenvalue weighted by molar-refractivity contribution is -0.141. The van der Waals surface area contributed by atoms with Gasteiger partial charge in [-0.3, -0.25) is 4.79 Å². The van der Waals surface area contributed by atoms with Crippen molar-refractivity contribution in [1.82, 2.24) is 14.9 Å². The second kappa shape index (κ2) is 6.86. The van der Waals surface area contributed by atoms with Crippen LogP contribution in [0.25, 0.3) is 0 Å². The number of nitrogens with zero attached hydrogens (tertiary/aromatic N) is 4. The first-order chi connectivity index (χ1) is 11.5. The molecule has 6 nitrogen and oxygen atoms in total. The molecule has 0 aliphatic carbocycles. The maximum absolute atomic E-state index is 13.3. The summed E-state index contributed by atoms with van der Waals surface area (Å²) in [7, 11) is 1.55.